The Labute approximate surface area is 223 Å². The topological polar surface area (TPSA) is 91.9 Å². The van der Waals surface area contributed by atoms with Crippen molar-refractivity contribution in [3.63, 3.8) is 0 Å². The molecule has 1 aliphatic heterocycles. The van der Waals surface area contributed by atoms with Gasteiger partial charge in [-0.25, -0.2) is 0 Å². The first-order chi connectivity index (χ1) is 18.6. The molecule has 2 N–H and O–H groups in total. The number of anilines is 1. The van der Waals surface area contributed by atoms with Crippen molar-refractivity contribution in [3.8, 4) is 28.6 Å². The van der Waals surface area contributed by atoms with Crippen molar-refractivity contribution in [1.82, 2.24) is 10.1 Å². The molecule has 3 aromatic rings. The van der Waals surface area contributed by atoms with Crippen molar-refractivity contribution in [2.75, 3.05) is 31.7 Å². The Morgan fingerprint density at radius 2 is 1.82 bits per heavy atom. The van der Waals surface area contributed by atoms with Crippen LogP contribution in [0.1, 0.15) is 49.7 Å². The van der Waals surface area contributed by atoms with Crippen LogP contribution in [-0.4, -0.2) is 47.2 Å². The average Bonchev–Trinajstić information content (AvgIpc) is 3.58. The van der Waals surface area contributed by atoms with Gasteiger partial charge in [-0.05, 0) is 110 Å². The van der Waals surface area contributed by atoms with Crippen LogP contribution in [0.15, 0.2) is 52.8 Å². The molecule has 0 unspecified atom stereocenters. The highest BCUT2D eigenvalue weighted by Crippen LogP contribution is 2.62. The van der Waals surface area contributed by atoms with Crippen LogP contribution in [0.4, 0.5) is 5.69 Å². The van der Waals surface area contributed by atoms with Crippen LogP contribution >= 0.6 is 0 Å². The summed E-state index contributed by atoms with van der Waals surface area (Å²) in [5, 5.41) is 23.1. The van der Waals surface area contributed by atoms with E-state index in [1.165, 1.54) is 49.7 Å². The summed E-state index contributed by atoms with van der Waals surface area (Å²) in [5.41, 5.74) is 6.33. The van der Waals surface area contributed by atoms with Gasteiger partial charge in [0, 0.05) is 41.0 Å². The molecule has 8 rings (SSSR count). The maximum atomic E-state index is 9.41. The molecule has 5 aliphatic rings. The van der Waals surface area contributed by atoms with Gasteiger partial charge in [0.2, 0.25) is 5.82 Å². The molecule has 2 heterocycles. The van der Waals surface area contributed by atoms with Gasteiger partial charge in [0.25, 0.3) is 5.89 Å². The summed E-state index contributed by atoms with van der Waals surface area (Å²) in [4.78, 5) is 6.97. The normalized spacial score (nSPS) is 27.7. The lowest BCUT2D eigenvalue weighted by molar-refractivity contribution is -0.00613. The molecule has 2 aromatic carbocycles. The molecule has 0 saturated heterocycles. The number of rotatable bonds is 7. The molecule has 0 spiro atoms. The first-order valence-electron chi connectivity index (χ1n) is 13.9. The Balaban J connectivity index is 1.17. The van der Waals surface area contributed by atoms with Gasteiger partial charge in [0.05, 0.1) is 20.0 Å². The first-order valence-corrected chi connectivity index (χ1v) is 13.9. The Morgan fingerprint density at radius 1 is 1.08 bits per heavy atom. The maximum absolute atomic E-state index is 9.41. The van der Waals surface area contributed by atoms with Gasteiger partial charge in [-0.15, -0.1) is 0 Å². The number of methoxy groups -OCH3 is 1. The number of nitrogens with zero attached hydrogens (tertiary/aromatic N) is 3. The third-order valence-electron chi connectivity index (χ3n) is 9.59. The fraction of sp³-hybridized carbons (Fsp3) is 0.484. The number of hydrogen-bond donors (Lipinski definition) is 2. The van der Waals surface area contributed by atoms with E-state index in [1.807, 2.05) is 12.1 Å². The minimum absolute atomic E-state index is 0.151. The minimum Gasteiger partial charge on any atom is -0.515 e. The number of aliphatic hydroxyl groups is 2. The zero-order valence-corrected chi connectivity index (χ0v) is 21.9. The van der Waals surface area contributed by atoms with Gasteiger partial charge in [-0.2, -0.15) is 4.98 Å². The second-order valence-corrected chi connectivity index (χ2v) is 12.0. The molecule has 38 heavy (non-hydrogen) atoms. The van der Waals surface area contributed by atoms with Crippen LogP contribution in [-0.2, 0) is 11.8 Å². The van der Waals surface area contributed by atoms with E-state index in [4.69, 9.17) is 14.2 Å². The van der Waals surface area contributed by atoms with Crippen LogP contribution in [0.3, 0.4) is 0 Å². The molecule has 4 saturated carbocycles. The quantitative estimate of drug-likeness (QED) is 0.393. The third kappa shape index (κ3) is 3.90. The molecule has 4 fully saturated rings. The number of benzene rings is 2. The summed E-state index contributed by atoms with van der Waals surface area (Å²) in [7, 11) is 1.78. The molecule has 198 valence electrons. The lowest BCUT2D eigenvalue weighted by Gasteiger charge is -2.57. The van der Waals surface area contributed by atoms with E-state index in [1.54, 1.807) is 7.11 Å². The number of fused-ring (bicyclic) bond motifs is 1. The molecular weight excluding hydrogens is 478 g/mol. The number of hydrogen-bond acceptors (Lipinski definition) is 7. The number of aromatic nitrogens is 2. The number of aliphatic hydroxyl groups excluding tert-OH is 2. The zero-order valence-electron chi connectivity index (χ0n) is 21.9. The first kappa shape index (κ1) is 23.8. The van der Waals surface area contributed by atoms with E-state index in [9.17, 15) is 10.2 Å². The SMILES string of the molecule is COc1ccc(-c2nc(-c3ccc4c(c3)CCN4C/C(=C\O)CO)no2)cc1C12CC3CC(CC(C3)C1)C2. The Morgan fingerprint density at radius 3 is 2.50 bits per heavy atom. The fourth-order valence-corrected chi connectivity index (χ4v) is 8.30. The van der Waals surface area contributed by atoms with Gasteiger partial charge in [0.15, 0.2) is 0 Å². The van der Waals surface area contributed by atoms with E-state index >= 15 is 0 Å². The Hall–Kier alpha value is -3.32. The summed E-state index contributed by atoms with van der Waals surface area (Å²) in [6.07, 6.45) is 9.94. The van der Waals surface area contributed by atoms with Gasteiger partial charge < -0.3 is 24.4 Å². The van der Waals surface area contributed by atoms with Gasteiger partial charge >= 0.3 is 0 Å². The van der Waals surface area contributed by atoms with Crippen molar-refractivity contribution in [2.45, 2.75) is 50.4 Å². The highest BCUT2D eigenvalue weighted by molar-refractivity contribution is 5.68. The highest BCUT2D eigenvalue weighted by Gasteiger charge is 2.52. The van der Waals surface area contributed by atoms with Crippen LogP contribution in [0, 0.1) is 17.8 Å². The summed E-state index contributed by atoms with van der Waals surface area (Å²) in [6.45, 7) is 1.20. The molecule has 7 heteroatoms. The van der Waals surface area contributed by atoms with Gasteiger partial charge in [-0.1, -0.05) is 5.16 Å². The van der Waals surface area contributed by atoms with Crippen LogP contribution in [0.5, 0.6) is 5.75 Å². The molecule has 7 nitrogen and oxygen atoms in total. The second-order valence-electron chi connectivity index (χ2n) is 12.0. The Bertz CT molecular complexity index is 1360. The van der Waals surface area contributed by atoms with Crippen LogP contribution < -0.4 is 9.64 Å². The number of ether oxygens (including phenoxy) is 1. The van der Waals surface area contributed by atoms with Crippen molar-refractivity contribution < 1.29 is 19.5 Å². The molecule has 1 aromatic heterocycles. The van der Waals surface area contributed by atoms with Crippen LogP contribution in [0.2, 0.25) is 0 Å². The monoisotopic (exact) mass is 513 g/mol. The minimum atomic E-state index is -0.151. The van der Waals surface area contributed by atoms with E-state index < -0.39 is 0 Å². The van der Waals surface area contributed by atoms with Crippen molar-refractivity contribution in [1.29, 1.82) is 0 Å². The highest BCUT2D eigenvalue weighted by atomic mass is 16.5. The Kier molecular flexibility index (Phi) is 5.73. The van der Waals surface area contributed by atoms with Gasteiger partial charge in [-0.3, -0.25) is 0 Å². The summed E-state index contributed by atoms with van der Waals surface area (Å²) in [6, 6.07) is 12.6. The predicted molar refractivity (Wildman–Crippen MR) is 145 cm³/mol. The van der Waals surface area contributed by atoms with E-state index in [0.717, 1.165) is 59.5 Å². The smallest absolute Gasteiger partial charge is 0.258 e. The molecule has 0 radical (unpaired) electrons. The molecule has 0 atom stereocenters. The largest absolute Gasteiger partial charge is 0.515 e. The maximum Gasteiger partial charge on any atom is 0.258 e. The average molecular weight is 514 g/mol. The summed E-state index contributed by atoms with van der Waals surface area (Å²) in [5.74, 6) is 4.68. The molecule has 0 amide bonds. The molecular formula is C31H35N3O4. The van der Waals surface area contributed by atoms with E-state index in [2.05, 4.69) is 34.3 Å². The zero-order chi connectivity index (χ0) is 25.9. The lowest BCUT2D eigenvalue weighted by atomic mass is 9.48. The third-order valence-corrected chi connectivity index (χ3v) is 9.59. The van der Waals surface area contributed by atoms with Crippen molar-refractivity contribution in [2.24, 2.45) is 17.8 Å². The standard InChI is InChI=1S/C31H35N3O4/c1-37-28-5-3-25(12-26(28)31-13-19-8-20(14-31)10-21(9-19)15-31)30-32-29(33-38-30)24-2-4-27-23(11-24)6-7-34(27)16-22(17-35)18-36/h2-5,11-12,17,19-21,35-36H,6-10,13-16,18H2,1H3/b22-17+. The van der Waals surface area contributed by atoms with Crippen molar-refractivity contribution in [3.05, 3.63) is 59.4 Å². The predicted octanol–water partition coefficient (Wildman–Crippen LogP) is 5.68. The van der Waals surface area contributed by atoms with Crippen LogP contribution in [0.25, 0.3) is 22.8 Å². The molecule has 4 bridgehead atoms. The molecule has 4 aliphatic carbocycles. The lowest BCUT2D eigenvalue weighted by Crippen LogP contribution is -2.48. The fourth-order valence-electron chi connectivity index (χ4n) is 8.30. The van der Waals surface area contributed by atoms with E-state index in [0.29, 0.717) is 23.8 Å². The second kappa shape index (κ2) is 9.16. The van der Waals surface area contributed by atoms with Crippen molar-refractivity contribution >= 4 is 5.69 Å². The van der Waals surface area contributed by atoms with E-state index in [-0.39, 0.29) is 12.0 Å². The summed E-state index contributed by atoms with van der Waals surface area (Å²) >= 11 is 0. The summed E-state index contributed by atoms with van der Waals surface area (Å²) < 4.78 is 11.7. The van der Waals surface area contributed by atoms with Gasteiger partial charge in [0.1, 0.15) is 5.75 Å².